The Balaban J connectivity index is 2.49. The first-order valence-corrected chi connectivity index (χ1v) is 7.41. The lowest BCUT2D eigenvalue weighted by molar-refractivity contribution is 0.519. The molecule has 1 rings (SSSR count). The van der Waals surface area contributed by atoms with Crippen molar-refractivity contribution in [2.75, 3.05) is 31.7 Å². The Morgan fingerprint density at radius 2 is 2.06 bits per heavy atom. The molecule has 18 heavy (non-hydrogen) atoms. The third-order valence-electron chi connectivity index (χ3n) is 2.40. The Morgan fingerprint density at radius 3 is 2.61 bits per heavy atom. The first kappa shape index (κ1) is 15.2. The summed E-state index contributed by atoms with van der Waals surface area (Å²) in [6.07, 6.45) is 0.380. The fourth-order valence-corrected chi connectivity index (χ4v) is 2.42. The summed E-state index contributed by atoms with van der Waals surface area (Å²) in [6.45, 7) is 0.341. The van der Waals surface area contributed by atoms with Gasteiger partial charge in [-0.25, -0.2) is 17.1 Å². The summed E-state index contributed by atoms with van der Waals surface area (Å²) >= 11 is 5.82. The number of sulfonamides is 1. The van der Waals surface area contributed by atoms with E-state index in [1.807, 2.05) is 0 Å². The van der Waals surface area contributed by atoms with Crippen LogP contribution in [0, 0.1) is 5.82 Å². The highest BCUT2D eigenvalue weighted by Crippen LogP contribution is 2.24. The Hall–Kier alpha value is -0.850. The van der Waals surface area contributed by atoms with Gasteiger partial charge in [-0.15, -0.1) is 0 Å². The van der Waals surface area contributed by atoms with Crippen molar-refractivity contribution < 1.29 is 12.8 Å². The summed E-state index contributed by atoms with van der Waals surface area (Å²) in [4.78, 5) is 0. The van der Waals surface area contributed by atoms with Crippen molar-refractivity contribution in [3.05, 3.63) is 29.0 Å². The zero-order valence-corrected chi connectivity index (χ0v) is 11.9. The van der Waals surface area contributed by atoms with Crippen LogP contribution in [0.4, 0.5) is 10.1 Å². The smallest absolute Gasteiger partial charge is 0.213 e. The maximum atomic E-state index is 13.4. The quantitative estimate of drug-likeness (QED) is 0.818. The highest BCUT2D eigenvalue weighted by atomic mass is 35.5. The molecule has 7 heteroatoms. The molecule has 1 N–H and O–H groups in total. The van der Waals surface area contributed by atoms with E-state index >= 15 is 0 Å². The molecule has 0 aliphatic carbocycles. The second-order valence-corrected chi connectivity index (χ2v) is 6.68. The van der Waals surface area contributed by atoms with Crippen LogP contribution < -0.4 is 5.32 Å². The van der Waals surface area contributed by atoms with Gasteiger partial charge in [0.25, 0.3) is 0 Å². The third kappa shape index (κ3) is 4.12. The van der Waals surface area contributed by atoms with E-state index in [4.69, 9.17) is 11.6 Å². The number of anilines is 1. The summed E-state index contributed by atoms with van der Waals surface area (Å²) in [5.41, 5.74) is 0.210. The molecule has 4 nitrogen and oxygen atoms in total. The van der Waals surface area contributed by atoms with E-state index in [0.29, 0.717) is 13.0 Å². The van der Waals surface area contributed by atoms with Crippen molar-refractivity contribution in [1.82, 2.24) is 4.31 Å². The van der Waals surface area contributed by atoms with Gasteiger partial charge in [0.1, 0.15) is 5.82 Å². The molecular weight excluding hydrogens is 279 g/mol. The van der Waals surface area contributed by atoms with Crippen LogP contribution in [-0.2, 0) is 10.0 Å². The molecule has 102 valence electrons. The van der Waals surface area contributed by atoms with Gasteiger partial charge in [-0.1, -0.05) is 17.7 Å². The lowest BCUT2D eigenvalue weighted by Crippen LogP contribution is -2.26. The molecule has 0 fully saturated rings. The van der Waals surface area contributed by atoms with Gasteiger partial charge in [-0.2, -0.15) is 0 Å². The van der Waals surface area contributed by atoms with Crippen molar-refractivity contribution in [1.29, 1.82) is 0 Å². The number of para-hydroxylation sites is 1. The Morgan fingerprint density at radius 1 is 1.39 bits per heavy atom. The molecule has 0 aliphatic rings. The molecular formula is C11H16ClFN2O2S. The molecule has 0 atom stereocenters. The zero-order valence-electron chi connectivity index (χ0n) is 10.3. The summed E-state index contributed by atoms with van der Waals surface area (Å²) < 4.78 is 37.5. The molecule has 0 amide bonds. The van der Waals surface area contributed by atoms with Gasteiger partial charge in [0.05, 0.1) is 16.5 Å². The minimum absolute atomic E-state index is 0.0130. The van der Waals surface area contributed by atoms with Gasteiger partial charge in [-0.05, 0) is 18.6 Å². The minimum Gasteiger partial charge on any atom is -0.381 e. The molecule has 1 aromatic rings. The highest BCUT2D eigenvalue weighted by Gasteiger charge is 2.13. The number of rotatable bonds is 6. The predicted molar refractivity (Wildman–Crippen MR) is 72.0 cm³/mol. The predicted octanol–water partition coefficient (Wildman–Crippen LogP) is 2.17. The number of hydrogen-bond acceptors (Lipinski definition) is 3. The standard InChI is InChI=1S/C11H16ClFN2O2S/c1-15(2)18(16,17)8-4-7-14-11-9(12)5-3-6-10(11)13/h3,5-6,14H,4,7-8H2,1-2H3. The van der Waals surface area contributed by atoms with E-state index in [1.54, 1.807) is 6.07 Å². The second-order valence-electron chi connectivity index (χ2n) is 3.98. The van der Waals surface area contributed by atoms with Crippen molar-refractivity contribution in [2.24, 2.45) is 0 Å². The van der Waals surface area contributed by atoms with Crippen molar-refractivity contribution in [3.8, 4) is 0 Å². The lowest BCUT2D eigenvalue weighted by Gasteiger charge is -2.12. The summed E-state index contributed by atoms with van der Waals surface area (Å²) in [5.74, 6) is -0.433. The van der Waals surface area contributed by atoms with Crippen LogP contribution in [0.2, 0.25) is 5.02 Å². The normalized spacial score (nSPS) is 11.8. The minimum atomic E-state index is -3.21. The number of nitrogens with one attached hydrogen (secondary N) is 1. The fraction of sp³-hybridized carbons (Fsp3) is 0.455. The topological polar surface area (TPSA) is 49.4 Å². The Kier molecular flexibility index (Phi) is 5.37. The fourth-order valence-electron chi connectivity index (χ4n) is 1.32. The summed E-state index contributed by atoms with van der Waals surface area (Å²) in [6, 6.07) is 4.38. The van der Waals surface area contributed by atoms with Crippen LogP contribution in [0.5, 0.6) is 0 Å². The average Bonchev–Trinajstić information content (AvgIpc) is 2.27. The summed E-state index contributed by atoms with van der Waals surface area (Å²) in [5, 5.41) is 3.09. The lowest BCUT2D eigenvalue weighted by atomic mass is 10.3. The largest absolute Gasteiger partial charge is 0.381 e. The molecule has 0 heterocycles. The van der Waals surface area contributed by atoms with Gasteiger partial charge in [-0.3, -0.25) is 0 Å². The Labute approximate surface area is 112 Å². The number of benzene rings is 1. The number of hydrogen-bond donors (Lipinski definition) is 1. The van der Waals surface area contributed by atoms with Crippen LogP contribution in [0.1, 0.15) is 6.42 Å². The number of nitrogens with zero attached hydrogens (tertiary/aromatic N) is 1. The monoisotopic (exact) mass is 294 g/mol. The molecule has 0 unspecified atom stereocenters. The highest BCUT2D eigenvalue weighted by molar-refractivity contribution is 7.89. The van der Waals surface area contributed by atoms with Gasteiger partial charge in [0.2, 0.25) is 10.0 Å². The molecule has 0 aliphatic heterocycles. The Bertz CT molecular complexity index is 486. The van der Waals surface area contributed by atoms with Gasteiger partial charge in [0, 0.05) is 20.6 Å². The number of halogens is 2. The molecule has 1 aromatic carbocycles. The third-order valence-corrected chi connectivity index (χ3v) is 4.63. The first-order valence-electron chi connectivity index (χ1n) is 5.42. The van der Waals surface area contributed by atoms with Crippen LogP contribution >= 0.6 is 11.6 Å². The van der Waals surface area contributed by atoms with Crippen molar-refractivity contribution >= 4 is 27.3 Å². The van der Waals surface area contributed by atoms with Gasteiger partial charge < -0.3 is 5.32 Å². The average molecular weight is 295 g/mol. The first-order chi connectivity index (χ1) is 8.34. The maximum absolute atomic E-state index is 13.4. The van der Waals surface area contributed by atoms with E-state index in [2.05, 4.69) is 5.32 Å². The zero-order chi connectivity index (χ0) is 13.8. The molecule has 0 aromatic heterocycles. The van der Waals surface area contributed by atoms with E-state index < -0.39 is 15.8 Å². The second kappa shape index (κ2) is 6.36. The molecule has 0 radical (unpaired) electrons. The van der Waals surface area contributed by atoms with E-state index in [9.17, 15) is 12.8 Å². The van der Waals surface area contributed by atoms with E-state index in [1.165, 1.54) is 30.5 Å². The van der Waals surface area contributed by atoms with Gasteiger partial charge in [0.15, 0.2) is 0 Å². The maximum Gasteiger partial charge on any atom is 0.213 e. The van der Waals surface area contributed by atoms with E-state index in [0.717, 1.165) is 0 Å². The van der Waals surface area contributed by atoms with Crippen LogP contribution in [-0.4, -0.2) is 39.1 Å². The molecule has 0 bridgehead atoms. The molecule has 0 spiro atoms. The van der Waals surface area contributed by atoms with Crippen LogP contribution in [0.25, 0.3) is 0 Å². The molecule has 0 saturated carbocycles. The van der Waals surface area contributed by atoms with Crippen LogP contribution in [0.15, 0.2) is 18.2 Å². The SMILES string of the molecule is CN(C)S(=O)(=O)CCCNc1c(F)cccc1Cl. The molecule has 0 saturated heterocycles. The van der Waals surface area contributed by atoms with Crippen molar-refractivity contribution in [3.63, 3.8) is 0 Å². The summed E-state index contributed by atoms with van der Waals surface area (Å²) in [7, 11) is -0.241. The van der Waals surface area contributed by atoms with Gasteiger partial charge >= 0.3 is 0 Å². The van der Waals surface area contributed by atoms with Crippen molar-refractivity contribution in [2.45, 2.75) is 6.42 Å². The van der Waals surface area contributed by atoms with Crippen LogP contribution in [0.3, 0.4) is 0 Å². The van der Waals surface area contributed by atoms with E-state index in [-0.39, 0.29) is 16.5 Å².